The van der Waals surface area contributed by atoms with E-state index in [0.717, 1.165) is 19.5 Å². The zero-order valence-electron chi connectivity index (χ0n) is 12.9. The Morgan fingerprint density at radius 2 is 2.05 bits per heavy atom. The van der Waals surface area contributed by atoms with E-state index in [-0.39, 0.29) is 5.91 Å². The number of amides is 1. The molecule has 0 radical (unpaired) electrons. The molecular weight excluding hydrogens is 276 g/mol. The molecule has 0 atom stereocenters. The molecule has 0 unspecified atom stereocenters. The van der Waals surface area contributed by atoms with Crippen LogP contribution >= 0.6 is 0 Å². The summed E-state index contributed by atoms with van der Waals surface area (Å²) in [5.74, 6) is 0.583. The van der Waals surface area contributed by atoms with E-state index >= 15 is 0 Å². The summed E-state index contributed by atoms with van der Waals surface area (Å²) in [7, 11) is 2.09. The summed E-state index contributed by atoms with van der Waals surface area (Å²) in [6.45, 7) is 2.53. The number of carbonyl (C=O) groups excluding carboxylic acids is 1. The summed E-state index contributed by atoms with van der Waals surface area (Å²) in [6.07, 6.45) is 5.66. The maximum Gasteiger partial charge on any atom is 0.244 e. The van der Waals surface area contributed by atoms with Gasteiger partial charge in [0, 0.05) is 19.2 Å². The maximum atomic E-state index is 11.6. The SMILES string of the molecule is CN(CCCNC(=O)C=Cc1ccco1)Cc1ccccc1. The van der Waals surface area contributed by atoms with Gasteiger partial charge in [-0.05, 0) is 43.8 Å². The number of furan rings is 1. The summed E-state index contributed by atoms with van der Waals surface area (Å²) in [4.78, 5) is 13.9. The Labute approximate surface area is 131 Å². The molecule has 1 aromatic heterocycles. The first-order valence-electron chi connectivity index (χ1n) is 7.46. The predicted molar refractivity (Wildman–Crippen MR) is 88.1 cm³/mol. The van der Waals surface area contributed by atoms with E-state index in [4.69, 9.17) is 4.42 Å². The van der Waals surface area contributed by atoms with Crippen LogP contribution in [0, 0.1) is 0 Å². The monoisotopic (exact) mass is 298 g/mol. The summed E-state index contributed by atoms with van der Waals surface area (Å²) in [5.41, 5.74) is 1.30. The van der Waals surface area contributed by atoms with Gasteiger partial charge in [0.2, 0.25) is 5.91 Å². The van der Waals surface area contributed by atoms with Gasteiger partial charge in [0.1, 0.15) is 5.76 Å². The third-order valence-electron chi connectivity index (χ3n) is 3.25. The van der Waals surface area contributed by atoms with Crippen LogP contribution in [0.4, 0.5) is 0 Å². The molecule has 0 saturated carbocycles. The number of hydrogen-bond donors (Lipinski definition) is 1. The van der Waals surface area contributed by atoms with Crippen LogP contribution in [0.3, 0.4) is 0 Å². The Morgan fingerprint density at radius 3 is 2.77 bits per heavy atom. The molecule has 1 aromatic carbocycles. The van der Waals surface area contributed by atoms with Crippen molar-refractivity contribution in [1.82, 2.24) is 10.2 Å². The number of hydrogen-bond acceptors (Lipinski definition) is 3. The van der Waals surface area contributed by atoms with Gasteiger partial charge in [0.25, 0.3) is 0 Å². The Balaban J connectivity index is 1.59. The fourth-order valence-electron chi connectivity index (χ4n) is 2.14. The van der Waals surface area contributed by atoms with Crippen LogP contribution in [0.1, 0.15) is 17.7 Å². The van der Waals surface area contributed by atoms with Crippen molar-refractivity contribution in [3.05, 3.63) is 66.1 Å². The van der Waals surface area contributed by atoms with Crippen LogP contribution in [0.5, 0.6) is 0 Å². The van der Waals surface area contributed by atoms with Gasteiger partial charge in [-0.3, -0.25) is 4.79 Å². The van der Waals surface area contributed by atoms with Crippen LogP contribution in [-0.2, 0) is 11.3 Å². The molecule has 0 aliphatic heterocycles. The Kier molecular flexibility index (Phi) is 6.45. The average molecular weight is 298 g/mol. The lowest BCUT2D eigenvalue weighted by molar-refractivity contribution is -0.116. The van der Waals surface area contributed by atoms with E-state index in [1.807, 2.05) is 12.1 Å². The molecule has 116 valence electrons. The lowest BCUT2D eigenvalue weighted by Gasteiger charge is -2.16. The molecule has 4 nitrogen and oxygen atoms in total. The summed E-state index contributed by atoms with van der Waals surface area (Å²) < 4.78 is 5.12. The van der Waals surface area contributed by atoms with Crippen molar-refractivity contribution in [3.8, 4) is 0 Å². The zero-order chi connectivity index (χ0) is 15.6. The molecule has 0 spiro atoms. The smallest absolute Gasteiger partial charge is 0.244 e. The number of rotatable bonds is 8. The number of nitrogens with zero attached hydrogens (tertiary/aromatic N) is 1. The van der Waals surface area contributed by atoms with E-state index in [9.17, 15) is 4.79 Å². The van der Waals surface area contributed by atoms with E-state index in [0.29, 0.717) is 12.3 Å². The second-order valence-electron chi connectivity index (χ2n) is 5.22. The minimum absolute atomic E-state index is 0.0953. The van der Waals surface area contributed by atoms with Gasteiger partial charge in [0.05, 0.1) is 6.26 Å². The van der Waals surface area contributed by atoms with Gasteiger partial charge in [-0.25, -0.2) is 0 Å². The van der Waals surface area contributed by atoms with E-state index in [2.05, 4.69) is 41.5 Å². The topological polar surface area (TPSA) is 45.5 Å². The summed E-state index contributed by atoms with van der Waals surface area (Å²) in [5, 5.41) is 2.87. The fourth-order valence-corrected chi connectivity index (χ4v) is 2.14. The van der Waals surface area contributed by atoms with Crippen molar-refractivity contribution >= 4 is 12.0 Å². The van der Waals surface area contributed by atoms with Gasteiger partial charge in [0.15, 0.2) is 0 Å². The lowest BCUT2D eigenvalue weighted by atomic mass is 10.2. The third-order valence-corrected chi connectivity index (χ3v) is 3.25. The van der Waals surface area contributed by atoms with Crippen molar-refractivity contribution in [1.29, 1.82) is 0 Å². The second kappa shape index (κ2) is 8.85. The highest BCUT2D eigenvalue weighted by molar-refractivity contribution is 5.91. The summed E-state index contributed by atoms with van der Waals surface area (Å²) in [6, 6.07) is 14.0. The van der Waals surface area contributed by atoms with Crippen molar-refractivity contribution in [2.24, 2.45) is 0 Å². The highest BCUT2D eigenvalue weighted by Gasteiger charge is 2.00. The predicted octanol–water partition coefficient (Wildman–Crippen LogP) is 2.93. The van der Waals surface area contributed by atoms with Gasteiger partial charge in [-0.2, -0.15) is 0 Å². The fraction of sp³-hybridized carbons (Fsp3) is 0.278. The Hall–Kier alpha value is -2.33. The maximum absolute atomic E-state index is 11.6. The van der Waals surface area contributed by atoms with E-state index in [1.165, 1.54) is 11.6 Å². The normalized spacial score (nSPS) is 11.2. The molecule has 0 saturated heterocycles. The lowest BCUT2D eigenvalue weighted by Crippen LogP contribution is -2.26. The van der Waals surface area contributed by atoms with E-state index < -0.39 is 0 Å². The van der Waals surface area contributed by atoms with Crippen molar-refractivity contribution in [3.63, 3.8) is 0 Å². The first-order valence-corrected chi connectivity index (χ1v) is 7.46. The molecule has 22 heavy (non-hydrogen) atoms. The first kappa shape index (κ1) is 16.0. The molecule has 0 aliphatic rings. The van der Waals surface area contributed by atoms with Crippen LogP contribution in [0.15, 0.2) is 59.2 Å². The minimum Gasteiger partial charge on any atom is -0.465 e. The van der Waals surface area contributed by atoms with Gasteiger partial charge in [-0.1, -0.05) is 30.3 Å². The zero-order valence-corrected chi connectivity index (χ0v) is 12.9. The number of carbonyl (C=O) groups is 1. The Bertz CT molecular complexity index is 576. The highest BCUT2D eigenvalue weighted by Crippen LogP contribution is 2.03. The molecule has 1 heterocycles. The molecule has 1 amide bonds. The minimum atomic E-state index is -0.0953. The molecule has 2 rings (SSSR count). The number of nitrogens with one attached hydrogen (secondary N) is 1. The largest absolute Gasteiger partial charge is 0.465 e. The van der Waals surface area contributed by atoms with Crippen LogP contribution in [0.25, 0.3) is 6.08 Å². The van der Waals surface area contributed by atoms with Crippen LogP contribution in [0.2, 0.25) is 0 Å². The molecular formula is C18H22N2O2. The van der Waals surface area contributed by atoms with Crippen LogP contribution in [-0.4, -0.2) is 30.9 Å². The standard InChI is InChI=1S/C18H22N2O2/c1-20(15-16-7-3-2-4-8-16)13-6-12-19-18(21)11-10-17-9-5-14-22-17/h2-5,7-11,14H,6,12-13,15H2,1H3,(H,19,21). The molecule has 1 N–H and O–H groups in total. The van der Waals surface area contributed by atoms with Crippen molar-refractivity contribution in [2.75, 3.05) is 20.1 Å². The number of benzene rings is 1. The summed E-state index contributed by atoms with van der Waals surface area (Å²) >= 11 is 0. The van der Waals surface area contributed by atoms with Crippen LogP contribution < -0.4 is 5.32 Å². The second-order valence-corrected chi connectivity index (χ2v) is 5.22. The molecule has 0 bridgehead atoms. The van der Waals surface area contributed by atoms with Crippen molar-refractivity contribution in [2.45, 2.75) is 13.0 Å². The quantitative estimate of drug-likeness (QED) is 0.602. The van der Waals surface area contributed by atoms with E-state index in [1.54, 1.807) is 18.4 Å². The third kappa shape index (κ3) is 5.97. The van der Waals surface area contributed by atoms with Gasteiger partial charge < -0.3 is 14.6 Å². The highest BCUT2D eigenvalue weighted by atomic mass is 16.3. The molecule has 2 aromatic rings. The van der Waals surface area contributed by atoms with Crippen molar-refractivity contribution < 1.29 is 9.21 Å². The average Bonchev–Trinajstić information content (AvgIpc) is 3.04. The van der Waals surface area contributed by atoms with Gasteiger partial charge >= 0.3 is 0 Å². The molecule has 4 heteroatoms. The Morgan fingerprint density at radius 1 is 1.23 bits per heavy atom. The molecule has 0 fully saturated rings. The molecule has 0 aliphatic carbocycles. The first-order chi connectivity index (χ1) is 10.7. The van der Waals surface area contributed by atoms with Gasteiger partial charge in [-0.15, -0.1) is 0 Å².